The van der Waals surface area contributed by atoms with Gasteiger partial charge >= 0.3 is 13.4 Å². The van der Waals surface area contributed by atoms with Crippen LogP contribution in [0.15, 0.2) is 17.1 Å². The highest BCUT2D eigenvalue weighted by molar-refractivity contribution is 6.38. The van der Waals surface area contributed by atoms with Gasteiger partial charge in [-0.25, -0.2) is 17.8 Å². The molecule has 1 fully saturated rings. The van der Waals surface area contributed by atoms with Crippen molar-refractivity contribution in [3.63, 3.8) is 0 Å². The van der Waals surface area contributed by atoms with Crippen molar-refractivity contribution in [2.75, 3.05) is 7.11 Å². The van der Waals surface area contributed by atoms with Crippen molar-refractivity contribution in [1.82, 2.24) is 4.57 Å². The van der Waals surface area contributed by atoms with E-state index in [0.717, 1.165) is 25.1 Å². The molecule has 3 rings (SSSR count). The monoisotopic (exact) mass is 359 g/mol. The summed E-state index contributed by atoms with van der Waals surface area (Å²) in [7, 11) is -2.10. The highest BCUT2D eigenvalue weighted by Crippen LogP contribution is 2.42. The van der Waals surface area contributed by atoms with Crippen LogP contribution < -0.4 is 10.2 Å². The molecule has 1 aromatic carbocycles. The zero-order valence-corrected chi connectivity index (χ0v) is 13.1. The summed E-state index contributed by atoms with van der Waals surface area (Å²) in [4.78, 5) is 24.2. The third-order valence-electron chi connectivity index (χ3n) is 3.73. The Morgan fingerprint density at radius 2 is 2.08 bits per heavy atom. The van der Waals surface area contributed by atoms with Crippen LogP contribution in [-0.2, 0) is 4.65 Å². The third kappa shape index (κ3) is 2.73. The van der Waals surface area contributed by atoms with Crippen LogP contribution in [0.2, 0.25) is 5.02 Å². The number of aromatic nitrogens is 1. The number of ether oxygens (including phenoxy) is 1. The number of halogens is 4. The van der Waals surface area contributed by atoms with E-state index in [9.17, 15) is 22.6 Å². The van der Waals surface area contributed by atoms with Crippen LogP contribution in [0, 0.1) is 5.82 Å². The number of carbonyl (C=O) groups is 1. The number of fused-ring (bicyclic) bond motifs is 1. The van der Waals surface area contributed by atoms with Gasteiger partial charge in [0.25, 0.3) is 0 Å². The summed E-state index contributed by atoms with van der Waals surface area (Å²) in [5.74, 6) is -2.44. The molecule has 0 radical (unpaired) electrons. The number of methoxy groups -OCH3 is 1. The number of hydrogen-bond acceptors (Lipinski definition) is 4. The lowest BCUT2D eigenvalue weighted by atomic mass is 10.1. The Hall–Kier alpha value is -2.16. The predicted molar refractivity (Wildman–Crippen MR) is 81.4 cm³/mol. The topological polar surface area (TPSA) is 57.5 Å². The van der Waals surface area contributed by atoms with Crippen molar-refractivity contribution < 1.29 is 27.2 Å². The molecule has 1 aliphatic carbocycles. The molecule has 0 N–H and O–H groups in total. The Labute approximate surface area is 139 Å². The van der Waals surface area contributed by atoms with Crippen molar-refractivity contribution in [1.29, 1.82) is 0 Å². The van der Waals surface area contributed by atoms with Crippen molar-refractivity contribution in [3.8, 4) is 5.75 Å². The molecule has 0 unspecified atom stereocenters. The predicted octanol–water partition coefficient (Wildman–Crippen LogP) is 3.22. The summed E-state index contributed by atoms with van der Waals surface area (Å²) < 4.78 is 48.9. The number of hydrogen-bond donors (Lipinski definition) is 0. The molecule has 0 spiro atoms. The van der Waals surface area contributed by atoms with Crippen LogP contribution in [0.4, 0.5) is 13.0 Å². The van der Waals surface area contributed by atoms with E-state index in [1.54, 1.807) is 0 Å². The average Bonchev–Trinajstić information content (AvgIpc) is 3.34. The summed E-state index contributed by atoms with van der Waals surface area (Å²) in [6, 6.07) is 0.794. The number of nitrogens with zero attached hydrogens (tertiary/aromatic N) is 1. The third-order valence-corrected chi connectivity index (χ3v) is 4.08. The van der Waals surface area contributed by atoms with Gasteiger partial charge in [-0.1, -0.05) is 11.6 Å². The lowest BCUT2D eigenvalue weighted by Gasteiger charge is -2.16. The Balaban J connectivity index is 2.35. The first-order valence-electron chi connectivity index (χ1n) is 6.95. The first kappa shape index (κ1) is 16.7. The Morgan fingerprint density at radius 1 is 1.42 bits per heavy atom. The second-order valence-electron chi connectivity index (χ2n) is 5.28. The molecular formula is C14H10BClF3NO4. The van der Waals surface area contributed by atoms with E-state index in [2.05, 4.69) is 4.65 Å². The summed E-state index contributed by atoms with van der Waals surface area (Å²) >= 11 is 5.89. The lowest BCUT2D eigenvalue weighted by molar-refractivity contribution is 0.0693. The fourth-order valence-corrected chi connectivity index (χ4v) is 2.77. The molecule has 24 heavy (non-hydrogen) atoms. The summed E-state index contributed by atoms with van der Waals surface area (Å²) in [6.45, 7) is 0. The van der Waals surface area contributed by atoms with Gasteiger partial charge in [-0.3, -0.25) is 4.79 Å². The fourth-order valence-electron chi connectivity index (χ4n) is 2.55. The smallest absolute Gasteiger partial charge is 0.493 e. The second kappa shape index (κ2) is 6.05. The van der Waals surface area contributed by atoms with Gasteiger partial charge in [0.05, 0.1) is 18.0 Å². The minimum absolute atomic E-state index is 0.0514. The van der Waals surface area contributed by atoms with E-state index in [1.807, 2.05) is 0 Å². The van der Waals surface area contributed by atoms with Crippen molar-refractivity contribution in [3.05, 3.63) is 38.9 Å². The molecule has 0 atom stereocenters. The van der Waals surface area contributed by atoms with Crippen LogP contribution >= 0.6 is 11.6 Å². The summed E-state index contributed by atoms with van der Waals surface area (Å²) in [6.07, 6.45) is 2.63. The van der Waals surface area contributed by atoms with Crippen LogP contribution in [0.3, 0.4) is 0 Å². The van der Waals surface area contributed by atoms with Crippen LogP contribution in [0.25, 0.3) is 10.9 Å². The average molecular weight is 359 g/mol. The second-order valence-corrected chi connectivity index (χ2v) is 5.66. The van der Waals surface area contributed by atoms with Gasteiger partial charge < -0.3 is 14.0 Å². The molecule has 1 saturated carbocycles. The van der Waals surface area contributed by atoms with E-state index >= 15 is 0 Å². The summed E-state index contributed by atoms with van der Waals surface area (Å²) in [5, 5.41) is -0.494. The van der Waals surface area contributed by atoms with E-state index in [4.69, 9.17) is 16.3 Å². The first-order chi connectivity index (χ1) is 11.3. The van der Waals surface area contributed by atoms with Gasteiger partial charge in [0, 0.05) is 12.2 Å². The molecule has 0 aliphatic heterocycles. The minimum Gasteiger partial charge on any atom is -0.493 e. The van der Waals surface area contributed by atoms with Crippen LogP contribution in [-0.4, -0.2) is 25.1 Å². The minimum atomic E-state index is -3.36. The molecule has 5 nitrogen and oxygen atoms in total. The Bertz CT molecular complexity index is 898. The molecule has 10 heteroatoms. The van der Waals surface area contributed by atoms with E-state index in [-0.39, 0.29) is 27.7 Å². The molecule has 0 saturated heterocycles. The maximum Gasteiger partial charge on any atom is 0.798 e. The molecule has 2 aromatic rings. The number of carbonyl (C=O) groups excluding carboxylic acids is 1. The molecule has 126 valence electrons. The largest absolute Gasteiger partial charge is 0.798 e. The maximum absolute atomic E-state index is 14.0. The number of pyridine rings is 1. The molecule has 0 amide bonds. The molecule has 1 aromatic heterocycles. The first-order valence-corrected chi connectivity index (χ1v) is 7.33. The molecular weight excluding hydrogens is 349 g/mol. The summed E-state index contributed by atoms with van der Waals surface area (Å²) in [5.41, 5.74) is -1.31. The normalized spacial score (nSPS) is 13.9. The van der Waals surface area contributed by atoms with Gasteiger partial charge in [0.15, 0.2) is 5.75 Å². The standard InChI is InChI=1S/C14H10BClF3NO4/c1-23-13-10(16)9(17)4-7-11(13)20(6-2-3-6)5-8(12(7)21)14(22)24-15(18)19/h4-6H,2-3H2,1H3. The Morgan fingerprint density at radius 3 is 2.62 bits per heavy atom. The van der Waals surface area contributed by atoms with Crippen molar-refractivity contribution >= 4 is 35.9 Å². The Kier molecular flexibility index (Phi) is 4.21. The highest BCUT2D eigenvalue weighted by Gasteiger charge is 2.31. The molecule has 1 heterocycles. The number of benzene rings is 1. The van der Waals surface area contributed by atoms with Crippen molar-refractivity contribution in [2.24, 2.45) is 0 Å². The SMILES string of the molecule is COc1c(Cl)c(F)cc2c(=O)c(C(=O)OB(F)F)cn(C3CC3)c12. The zero-order chi connectivity index (χ0) is 17.6. The van der Waals surface area contributed by atoms with E-state index in [0.29, 0.717) is 0 Å². The van der Waals surface area contributed by atoms with Crippen molar-refractivity contribution in [2.45, 2.75) is 18.9 Å². The lowest BCUT2D eigenvalue weighted by Crippen LogP contribution is -2.23. The quantitative estimate of drug-likeness (QED) is 0.787. The maximum atomic E-state index is 14.0. The number of rotatable bonds is 4. The van der Waals surface area contributed by atoms with Gasteiger partial charge in [0.1, 0.15) is 16.4 Å². The zero-order valence-electron chi connectivity index (χ0n) is 12.3. The van der Waals surface area contributed by atoms with E-state index < -0.39 is 30.2 Å². The van der Waals surface area contributed by atoms with Gasteiger partial charge in [-0.2, -0.15) is 0 Å². The van der Waals surface area contributed by atoms with Crippen LogP contribution in [0.5, 0.6) is 5.75 Å². The van der Waals surface area contributed by atoms with Gasteiger partial charge in [-0.15, -0.1) is 0 Å². The van der Waals surface area contributed by atoms with Gasteiger partial charge in [0.2, 0.25) is 5.43 Å². The molecule has 1 aliphatic rings. The van der Waals surface area contributed by atoms with E-state index in [1.165, 1.54) is 11.7 Å². The van der Waals surface area contributed by atoms with Gasteiger partial charge in [-0.05, 0) is 18.9 Å². The van der Waals surface area contributed by atoms with Crippen LogP contribution in [0.1, 0.15) is 29.2 Å². The molecule has 0 bridgehead atoms. The highest BCUT2D eigenvalue weighted by atomic mass is 35.5. The fraction of sp³-hybridized carbons (Fsp3) is 0.286.